The van der Waals surface area contributed by atoms with Crippen LogP contribution in [0.4, 0.5) is 28.7 Å². The topological polar surface area (TPSA) is 177 Å². The van der Waals surface area contributed by atoms with Crippen molar-refractivity contribution in [2.45, 2.75) is 36.5 Å². The van der Waals surface area contributed by atoms with E-state index in [1.165, 1.54) is 0 Å². The number of benzene rings is 4. The number of hydrogen-bond donors (Lipinski definition) is 4. The van der Waals surface area contributed by atoms with E-state index < -0.39 is 10.8 Å². The molecule has 5 N–H and O–H groups in total. The SMILES string of the molecule is COc1ccccc1N.COc1ccccc1Nc1ccc(NC(=O)C2(c3ccc4c(c3)OCO4)CC2)nc1.O=C(Nc1ccc(I)cn1)C1(c2ccc3c(c2)OCO3)CC1. The quantitative estimate of drug-likeness (QED) is 0.0761. The number of para-hydroxylation sites is 4. The Balaban J connectivity index is 0.000000144. The molecule has 0 atom stereocenters. The summed E-state index contributed by atoms with van der Waals surface area (Å²) in [5, 5.41) is 9.13. The Kier molecular flexibility index (Phi) is 12.0. The predicted molar refractivity (Wildman–Crippen MR) is 239 cm³/mol. The molecule has 312 valence electrons. The highest BCUT2D eigenvalue weighted by atomic mass is 127. The molecule has 2 aliphatic heterocycles. The van der Waals surface area contributed by atoms with E-state index in [1.54, 1.807) is 38.7 Å². The fourth-order valence-corrected chi connectivity index (χ4v) is 7.28. The first-order chi connectivity index (χ1) is 29.7. The minimum Gasteiger partial charge on any atom is -0.495 e. The number of anilines is 5. The molecular weight excluding hydrogens is 891 g/mol. The summed E-state index contributed by atoms with van der Waals surface area (Å²) in [5.41, 5.74) is 8.75. The number of fused-ring (bicyclic) bond motifs is 2. The molecule has 0 saturated heterocycles. The highest BCUT2D eigenvalue weighted by Gasteiger charge is 2.52. The van der Waals surface area contributed by atoms with Gasteiger partial charge in [-0.1, -0.05) is 36.4 Å². The van der Waals surface area contributed by atoms with Crippen LogP contribution in [0.25, 0.3) is 0 Å². The third-order valence-corrected chi connectivity index (χ3v) is 11.4. The van der Waals surface area contributed by atoms with Gasteiger partial charge in [0.05, 0.1) is 48.3 Å². The molecule has 4 heterocycles. The summed E-state index contributed by atoms with van der Waals surface area (Å²) in [5.74, 6) is 5.36. The van der Waals surface area contributed by atoms with Crippen molar-refractivity contribution < 1.29 is 38.0 Å². The smallest absolute Gasteiger partial charge is 0.236 e. The van der Waals surface area contributed by atoms with Gasteiger partial charge in [-0.25, -0.2) is 9.97 Å². The van der Waals surface area contributed by atoms with Gasteiger partial charge in [-0.05, 0) is 132 Å². The van der Waals surface area contributed by atoms with Gasteiger partial charge in [0, 0.05) is 9.77 Å². The number of halogens is 1. The van der Waals surface area contributed by atoms with Crippen molar-refractivity contribution in [3.05, 3.63) is 136 Å². The molecule has 4 aliphatic rings. The lowest BCUT2D eigenvalue weighted by atomic mass is 9.94. The van der Waals surface area contributed by atoms with Gasteiger partial charge >= 0.3 is 0 Å². The lowest BCUT2D eigenvalue weighted by Crippen LogP contribution is -2.28. The summed E-state index contributed by atoms with van der Waals surface area (Å²) in [7, 11) is 3.23. The van der Waals surface area contributed by atoms with Crippen molar-refractivity contribution in [1.29, 1.82) is 0 Å². The normalized spacial score (nSPS) is 15.1. The van der Waals surface area contributed by atoms with E-state index in [0.29, 0.717) is 28.8 Å². The molecule has 6 aromatic rings. The third kappa shape index (κ3) is 9.21. The zero-order valence-corrected chi connectivity index (χ0v) is 35.6. The van der Waals surface area contributed by atoms with Crippen LogP contribution in [0.3, 0.4) is 0 Å². The second-order valence-electron chi connectivity index (χ2n) is 14.6. The second-order valence-corrected chi connectivity index (χ2v) is 15.8. The molecule has 0 radical (unpaired) electrons. The number of ether oxygens (including phenoxy) is 6. The largest absolute Gasteiger partial charge is 0.495 e. The molecule has 15 heteroatoms. The summed E-state index contributed by atoms with van der Waals surface area (Å²) in [6.45, 7) is 0.460. The van der Waals surface area contributed by atoms with Crippen molar-refractivity contribution in [1.82, 2.24) is 9.97 Å². The zero-order chi connectivity index (χ0) is 42.4. The van der Waals surface area contributed by atoms with Gasteiger partial charge in [-0.3, -0.25) is 9.59 Å². The van der Waals surface area contributed by atoms with E-state index in [9.17, 15) is 9.59 Å². The van der Waals surface area contributed by atoms with E-state index in [0.717, 1.165) is 74.8 Å². The number of hydrogen-bond acceptors (Lipinski definition) is 12. The highest BCUT2D eigenvalue weighted by Crippen LogP contribution is 2.52. The molecule has 4 aromatic carbocycles. The van der Waals surface area contributed by atoms with Crippen LogP contribution in [0.15, 0.2) is 122 Å². The van der Waals surface area contributed by atoms with E-state index in [1.807, 2.05) is 97.1 Å². The predicted octanol–water partition coefficient (Wildman–Crippen LogP) is 8.60. The molecule has 14 nitrogen and oxygen atoms in total. The van der Waals surface area contributed by atoms with Gasteiger partial charge in [0.25, 0.3) is 0 Å². The first-order valence-corrected chi connectivity index (χ1v) is 20.6. The van der Waals surface area contributed by atoms with Crippen LogP contribution in [-0.2, 0) is 20.4 Å². The average molecular weight is 935 g/mol. The number of carbonyl (C=O) groups is 2. The van der Waals surface area contributed by atoms with Crippen molar-refractivity contribution in [3.8, 4) is 34.5 Å². The first-order valence-electron chi connectivity index (χ1n) is 19.5. The maximum absolute atomic E-state index is 13.0. The molecule has 10 rings (SSSR count). The fraction of sp³-hybridized carbons (Fsp3) is 0.217. The van der Waals surface area contributed by atoms with Crippen LogP contribution >= 0.6 is 22.6 Å². The van der Waals surface area contributed by atoms with E-state index in [4.69, 9.17) is 34.2 Å². The molecular formula is C46H43IN6O8. The number of amides is 2. The number of methoxy groups -OCH3 is 2. The molecule has 61 heavy (non-hydrogen) atoms. The standard InChI is InChI=1S/C23H21N3O4.C16H13IN2O3.C7H9NO/c1-28-18-5-3-2-4-17(18)25-16-7-9-21(24-13-16)26-22(27)23(10-11-23)15-6-8-19-20(12-15)30-14-29-19;17-11-2-4-14(18-8-11)19-15(20)16(5-6-16)10-1-3-12-13(7-10)22-9-21-12;1-9-7-5-3-2-4-6(7)8/h2-9,12-13,25H,10-11,14H2,1H3,(H,24,26,27);1-4,7-8H,5-6,9H2,(H,18,19,20);2-5H,8H2,1H3. The van der Waals surface area contributed by atoms with Crippen LogP contribution in [-0.4, -0.2) is 49.6 Å². The number of nitrogens with zero attached hydrogens (tertiary/aromatic N) is 2. The molecule has 2 fully saturated rings. The maximum atomic E-state index is 13.0. The Morgan fingerprint density at radius 3 is 1.61 bits per heavy atom. The summed E-state index contributed by atoms with van der Waals surface area (Å²) in [6.07, 6.45) is 6.68. The zero-order valence-electron chi connectivity index (χ0n) is 33.4. The molecule has 0 spiro atoms. The minimum atomic E-state index is -0.531. The average Bonchev–Trinajstić information content (AvgIpc) is 4.18. The van der Waals surface area contributed by atoms with Gasteiger partial charge in [0.1, 0.15) is 23.1 Å². The number of nitrogen functional groups attached to an aromatic ring is 1. The lowest BCUT2D eigenvalue weighted by molar-refractivity contribution is -0.119. The molecule has 2 saturated carbocycles. The van der Waals surface area contributed by atoms with Gasteiger partial charge < -0.3 is 50.1 Å². The van der Waals surface area contributed by atoms with Crippen LogP contribution in [0, 0.1) is 3.57 Å². The number of nitrogens with two attached hydrogens (primary N) is 1. The van der Waals surface area contributed by atoms with Crippen LogP contribution in [0.2, 0.25) is 0 Å². The molecule has 2 aromatic heterocycles. The Morgan fingerprint density at radius 1 is 0.623 bits per heavy atom. The Labute approximate surface area is 366 Å². The minimum absolute atomic E-state index is 0.0138. The number of rotatable bonds is 10. The van der Waals surface area contributed by atoms with Gasteiger partial charge in [-0.15, -0.1) is 0 Å². The van der Waals surface area contributed by atoms with Crippen molar-refractivity contribution in [3.63, 3.8) is 0 Å². The van der Waals surface area contributed by atoms with Crippen molar-refractivity contribution >= 4 is 63.1 Å². The van der Waals surface area contributed by atoms with Crippen LogP contribution < -0.4 is 50.1 Å². The van der Waals surface area contributed by atoms with Crippen molar-refractivity contribution in [2.75, 3.05) is 49.5 Å². The maximum Gasteiger partial charge on any atom is 0.236 e. The van der Waals surface area contributed by atoms with E-state index in [2.05, 4.69) is 48.5 Å². The highest BCUT2D eigenvalue weighted by molar-refractivity contribution is 14.1. The number of pyridine rings is 2. The summed E-state index contributed by atoms with van der Waals surface area (Å²) < 4.78 is 32.9. The van der Waals surface area contributed by atoms with Gasteiger partial charge in [0.15, 0.2) is 23.0 Å². The van der Waals surface area contributed by atoms with Crippen LogP contribution in [0.5, 0.6) is 34.5 Å². The number of carbonyl (C=O) groups excluding carboxylic acids is 2. The number of aromatic nitrogens is 2. The monoisotopic (exact) mass is 934 g/mol. The molecule has 2 aliphatic carbocycles. The summed E-state index contributed by atoms with van der Waals surface area (Å²) in [4.78, 5) is 34.3. The second kappa shape index (κ2) is 17.8. The third-order valence-electron chi connectivity index (χ3n) is 10.7. The molecule has 2 amide bonds. The Morgan fingerprint density at radius 2 is 1.13 bits per heavy atom. The first kappa shape index (κ1) is 41.0. The lowest BCUT2D eigenvalue weighted by Gasteiger charge is -2.16. The Hall–Kier alpha value is -6.75. The molecule has 0 bridgehead atoms. The Bertz CT molecular complexity index is 2530. The van der Waals surface area contributed by atoms with E-state index >= 15 is 0 Å². The number of nitrogens with one attached hydrogen (secondary N) is 3. The molecule has 0 unspecified atom stereocenters. The van der Waals surface area contributed by atoms with Gasteiger partial charge in [0.2, 0.25) is 25.4 Å². The van der Waals surface area contributed by atoms with E-state index in [-0.39, 0.29) is 25.4 Å². The fourth-order valence-electron chi connectivity index (χ4n) is 6.97. The van der Waals surface area contributed by atoms with Crippen LogP contribution in [0.1, 0.15) is 36.8 Å². The summed E-state index contributed by atoms with van der Waals surface area (Å²) >= 11 is 2.18. The van der Waals surface area contributed by atoms with Crippen molar-refractivity contribution in [2.24, 2.45) is 0 Å². The van der Waals surface area contributed by atoms with Gasteiger partial charge in [-0.2, -0.15) is 0 Å². The summed E-state index contributed by atoms with van der Waals surface area (Å²) in [6, 6.07) is 33.9.